The van der Waals surface area contributed by atoms with Crippen LogP contribution in [-0.2, 0) is 16.0 Å². The second-order valence-corrected chi connectivity index (χ2v) is 7.83. The molecule has 3 rings (SSSR count). The quantitative estimate of drug-likeness (QED) is 0.808. The largest absolute Gasteiger partial charge is 0.478 e. The number of anilines is 1. The summed E-state index contributed by atoms with van der Waals surface area (Å²) >= 11 is 1.51. The van der Waals surface area contributed by atoms with E-state index in [-0.39, 0.29) is 23.8 Å². The molecule has 2 N–H and O–H groups in total. The fourth-order valence-electron chi connectivity index (χ4n) is 3.22. The van der Waals surface area contributed by atoms with E-state index in [0.29, 0.717) is 17.2 Å². The van der Waals surface area contributed by atoms with Crippen molar-refractivity contribution in [2.75, 3.05) is 16.9 Å². The number of thioether (sulfide) groups is 1. The number of hydrogen-bond donors (Lipinski definition) is 2. The predicted octanol–water partition coefficient (Wildman–Crippen LogP) is 3.08. The first kappa shape index (κ1) is 19.9. The van der Waals surface area contributed by atoms with Gasteiger partial charge in [0.15, 0.2) is 0 Å². The van der Waals surface area contributed by atoms with E-state index < -0.39 is 12.0 Å². The molecule has 0 aromatic heterocycles. The Labute approximate surface area is 167 Å². The smallest absolute Gasteiger partial charge is 0.335 e. The van der Waals surface area contributed by atoms with Crippen LogP contribution >= 0.6 is 11.8 Å². The van der Waals surface area contributed by atoms with E-state index in [1.807, 2.05) is 32.0 Å². The van der Waals surface area contributed by atoms with Gasteiger partial charge in [-0.15, -0.1) is 11.8 Å². The lowest BCUT2D eigenvalue weighted by atomic mass is 10.0. The Morgan fingerprint density at radius 3 is 2.64 bits per heavy atom. The molecule has 28 heavy (non-hydrogen) atoms. The minimum atomic E-state index is -1.07. The highest BCUT2D eigenvalue weighted by molar-refractivity contribution is 7.99. The van der Waals surface area contributed by atoms with E-state index in [9.17, 15) is 19.5 Å². The van der Waals surface area contributed by atoms with Gasteiger partial charge >= 0.3 is 5.97 Å². The molecule has 2 amide bonds. The molecule has 7 heteroatoms. The topological polar surface area (TPSA) is 86.7 Å². The van der Waals surface area contributed by atoms with E-state index in [0.717, 1.165) is 16.8 Å². The second-order valence-electron chi connectivity index (χ2n) is 6.83. The van der Waals surface area contributed by atoms with Gasteiger partial charge in [-0.1, -0.05) is 35.9 Å². The number of nitrogens with zero attached hydrogens (tertiary/aromatic N) is 1. The lowest BCUT2D eigenvalue weighted by molar-refractivity contribution is -0.135. The maximum atomic E-state index is 12.8. The Morgan fingerprint density at radius 1 is 1.18 bits per heavy atom. The first-order valence-corrected chi connectivity index (χ1v) is 10.1. The Balaban J connectivity index is 1.72. The van der Waals surface area contributed by atoms with Gasteiger partial charge in [0.2, 0.25) is 11.8 Å². The summed E-state index contributed by atoms with van der Waals surface area (Å²) in [5.41, 5.74) is 3.37. The lowest BCUT2D eigenvalue weighted by Gasteiger charge is -2.24. The molecule has 0 bridgehead atoms. The SMILES string of the molecule is Cc1ccc(NC(=O)C2CSCN2C(=O)Cc2ccccc2C(=O)O)c(C)c1. The summed E-state index contributed by atoms with van der Waals surface area (Å²) in [6, 6.07) is 11.7. The summed E-state index contributed by atoms with van der Waals surface area (Å²) in [6.07, 6.45) is -0.0453. The zero-order valence-electron chi connectivity index (χ0n) is 15.8. The molecule has 1 unspecified atom stereocenters. The number of aromatic carboxylic acids is 1. The molecular weight excluding hydrogens is 376 g/mol. The number of nitrogens with one attached hydrogen (secondary N) is 1. The second kappa shape index (κ2) is 8.48. The van der Waals surface area contributed by atoms with Crippen molar-refractivity contribution in [2.24, 2.45) is 0 Å². The maximum Gasteiger partial charge on any atom is 0.335 e. The van der Waals surface area contributed by atoms with Crippen LogP contribution in [0, 0.1) is 13.8 Å². The summed E-state index contributed by atoms with van der Waals surface area (Å²) in [4.78, 5) is 38.5. The van der Waals surface area contributed by atoms with Gasteiger partial charge in [0.25, 0.3) is 0 Å². The number of rotatable bonds is 5. The number of carboxylic acid groups (broad SMARTS) is 1. The molecule has 1 heterocycles. The van der Waals surface area contributed by atoms with Gasteiger partial charge < -0.3 is 15.3 Å². The zero-order valence-corrected chi connectivity index (χ0v) is 16.6. The van der Waals surface area contributed by atoms with Crippen LogP contribution in [0.5, 0.6) is 0 Å². The molecule has 6 nitrogen and oxygen atoms in total. The molecule has 0 aliphatic carbocycles. The number of amides is 2. The molecule has 0 radical (unpaired) electrons. The highest BCUT2D eigenvalue weighted by Gasteiger charge is 2.35. The molecule has 1 aliphatic rings. The van der Waals surface area contributed by atoms with Gasteiger partial charge in [0.1, 0.15) is 6.04 Å². The van der Waals surface area contributed by atoms with Crippen LogP contribution in [0.4, 0.5) is 5.69 Å². The van der Waals surface area contributed by atoms with Crippen molar-refractivity contribution in [1.29, 1.82) is 0 Å². The van der Waals surface area contributed by atoms with E-state index in [1.165, 1.54) is 22.7 Å². The number of benzene rings is 2. The molecular formula is C21H22N2O4S. The molecule has 2 aromatic carbocycles. The fraction of sp³-hybridized carbons (Fsp3) is 0.286. The van der Waals surface area contributed by atoms with Gasteiger partial charge in [-0.05, 0) is 37.1 Å². The molecule has 0 saturated carbocycles. The lowest BCUT2D eigenvalue weighted by Crippen LogP contribution is -2.45. The van der Waals surface area contributed by atoms with Crippen LogP contribution in [0.2, 0.25) is 0 Å². The Hall–Kier alpha value is -2.80. The molecule has 146 valence electrons. The monoisotopic (exact) mass is 398 g/mol. The zero-order chi connectivity index (χ0) is 20.3. The van der Waals surface area contributed by atoms with Crippen molar-refractivity contribution in [3.05, 3.63) is 64.7 Å². The molecule has 2 aromatic rings. The number of carbonyl (C=O) groups excluding carboxylic acids is 2. The summed E-state index contributed by atoms with van der Waals surface area (Å²) < 4.78 is 0. The van der Waals surface area contributed by atoms with Crippen LogP contribution in [-0.4, -0.2) is 45.5 Å². The third-order valence-electron chi connectivity index (χ3n) is 4.73. The van der Waals surface area contributed by atoms with Crippen LogP contribution < -0.4 is 5.32 Å². The first-order valence-electron chi connectivity index (χ1n) is 8.93. The Bertz CT molecular complexity index is 928. The Kier molecular flexibility index (Phi) is 6.04. The van der Waals surface area contributed by atoms with Crippen LogP contribution in [0.3, 0.4) is 0 Å². The minimum absolute atomic E-state index is 0.0453. The number of aryl methyl sites for hydroxylation is 2. The summed E-state index contributed by atoms with van der Waals surface area (Å²) in [6.45, 7) is 3.92. The number of carbonyl (C=O) groups is 3. The third kappa shape index (κ3) is 4.36. The summed E-state index contributed by atoms with van der Waals surface area (Å²) in [7, 11) is 0. The molecule has 1 fully saturated rings. The van der Waals surface area contributed by atoms with Crippen molar-refractivity contribution < 1.29 is 19.5 Å². The third-order valence-corrected chi connectivity index (χ3v) is 5.75. The van der Waals surface area contributed by atoms with Crippen molar-refractivity contribution in [3.8, 4) is 0 Å². The van der Waals surface area contributed by atoms with E-state index in [1.54, 1.807) is 18.2 Å². The number of hydrogen-bond acceptors (Lipinski definition) is 4. The number of carboxylic acids is 1. The molecule has 1 saturated heterocycles. The molecule has 1 aliphatic heterocycles. The van der Waals surface area contributed by atoms with Gasteiger partial charge in [-0.2, -0.15) is 0 Å². The first-order chi connectivity index (χ1) is 13.4. The van der Waals surface area contributed by atoms with Gasteiger partial charge in [0, 0.05) is 11.4 Å². The molecule has 0 spiro atoms. The summed E-state index contributed by atoms with van der Waals surface area (Å²) in [5.74, 6) is -0.609. The van der Waals surface area contributed by atoms with Crippen molar-refractivity contribution >= 4 is 35.2 Å². The van der Waals surface area contributed by atoms with E-state index >= 15 is 0 Å². The highest BCUT2D eigenvalue weighted by Crippen LogP contribution is 2.25. The fourth-order valence-corrected chi connectivity index (χ4v) is 4.40. The van der Waals surface area contributed by atoms with Crippen LogP contribution in [0.15, 0.2) is 42.5 Å². The van der Waals surface area contributed by atoms with Crippen molar-refractivity contribution in [2.45, 2.75) is 26.3 Å². The van der Waals surface area contributed by atoms with Gasteiger partial charge in [-0.25, -0.2) is 4.79 Å². The maximum absolute atomic E-state index is 12.8. The molecule has 1 atom stereocenters. The van der Waals surface area contributed by atoms with E-state index in [2.05, 4.69) is 5.32 Å². The van der Waals surface area contributed by atoms with Crippen LogP contribution in [0.1, 0.15) is 27.0 Å². The Morgan fingerprint density at radius 2 is 1.93 bits per heavy atom. The van der Waals surface area contributed by atoms with Crippen molar-refractivity contribution in [3.63, 3.8) is 0 Å². The highest BCUT2D eigenvalue weighted by atomic mass is 32.2. The minimum Gasteiger partial charge on any atom is -0.478 e. The summed E-state index contributed by atoms with van der Waals surface area (Å²) in [5, 5.41) is 12.2. The van der Waals surface area contributed by atoms with Gasteiger partial charge in [-0.3, -0.25) is 9.59 Å². The normalized spacial score (nSPS) is 16.1. The predicted molar refractivity (Wildman–Crippen MR) is 110 cm³/mol. The average Bonchev–Trinajstić information content (AvgIpc) is 3.14. The standard InChI is InChI=1S/C21H22N2O4S/c1-13-7-8-17(14(2)9-13)22-20(25)18-11-28-12-23(18)19(24)10-15-5-3-4-6-16(15)21(26)27/h3-9,18H,10-12H2,1-2H3,(H,22,25)(H,26,27). The van der Waals surface area contributed by atoms with Crippen molar-refractivity contribution in [1.82, 2.24) is 4.90 Å². The van der Waals surface area contributed by atoms with Crippen LogP contribution in [0.25, 0.3) is 0 Å². The average molecular weight is 398 g/mol. The van der Waals surface area contributed by atoms with E-state index in [4.69, 9.17) is 0 Å². The van der Waals surface area contributed by atoms with Gasteiger partial charge in [0.05, 0.1) is 17.9 Å².